The number of aryl methyl sites for hydroxylation is 1. The number of nitro groups is 1. The molecule has 112 valence electrons. The number of nitrogens with zero attached hydrogens (tertiary/aromatic N) is 1. The summed E-state index contributed by atoms with van der Waals surface area (Å²) in [5, 5.41) is 13.5. The van der Waals surface area contributed by atoms with E-state index in [4.69, 9.17) is 0 Å². The topological polar surface area (TPSA) is 55.2 Å². The SMILES string of the molecule is Cc1ccc(C(F)(F)F)cc1NCc1ccc([N+](=O)[O-])s1. The molecule has 0 aliphatic rings. The largest absolute Gasteiger partial charge is 0.416 e. The molecule has 0 spiro atoms. The molecule has 2 rings (SSSR count). The van der Waals surface area contributed by atoms with Gasteiger partial charge in [0.25, 0.3) is 0 Å². The minimum atomic E-state index is -4.40. The maximum atomic E-state index is 12.7. The summed E-state index contributed by atoms with van der Waals surface area (Å²) in [4.78, 5) is 10.8. The van der Waals surface area contributed by atoms with Gasteiger partial charge in [-0.3, -0.25) is 10.1 Å². The van der Waals surface area contributed by atoms with Gasteiger partial charge in [0, 0.05) is 23.2 Å². The summed E-state index contributed by atoms with van der Waals surface area (Å²) in [6.07, 6.45) is -4.40. The summed E-state index contributed by atoms with van der Waals surface area (Å²) in [6, 6.07) is 6.41. The number of benzene rings is 1. The van der Waals surface area contributed by atoms with Gasteiger partial charge in [-0.05, 0) is 30.7 Å². The van der Waals surface area contributed by atoms with Crippen LogP contribution in [0.25, 0.3) is 0 Å². The Morgan fingerprint density at radius 2 is 2.00 bits per heavy atom. The number of hydrogen-bond acceptors (Lipinski definition) is 4. The maximum Gasteiger partial charge on any atom is 0.416 e. The van der Waals surface area contributed by atoms with Crippen LogP contribution < -0.4 is 5.32 Å². The van der Waals surface area contributed by atoms with Crippen LogP contribution in [0.1, 0.15) is 16.0 Å². The molecule has 0 saturated carbocycles. The van der Waals surface area contributed by atoms with Crippen LogP contribution in [0.3, 0.4) is 0 Å². The first-order valence-electron chi connectivity index (χ1n) is 5.92. The number of alkyl halides is 3. The number of halogens is 3. The Morgan fingerprint density at radius 1 is 1.29 bits per heavy atom. The number of nitrogens with one attached hydrogen (secondary N) is 1. The molecule has 8 heteroatoms. The van der Waals surface area contributed by atoms with E-state index in [1.165, 1.54) is 12.1 Å². The lowest BCUT2D eigenvalue weighted by Gasteiger charge is -2.12. The predicted octanol–water partition coefficient (Wildman–Crippen LogP) is 4.60. The van der Waals surface area contributed by atoms with Crippen LogP contribution in [-0.4, -0.2) is 4.92 Å². The van der Waals surface area contributed by atoms with Crippen LogP contribution in [-0.2, 0) is 12.7 Å². The second-order valence-electron chi connectivity index (χ2n) is 4.38. The maximum absolute atomic E-state index is 12.7. The number of hydrogen-bond donors (Lipinski definition) is 1. The van der Waals surface area contributed by atoms with Crippen molar-refractivity contribution < 1.29 is 18.1 Å². The lowest BCUT2D eigenvalue weighted by molar-refractivity contribution is -0.380. The highest BCUT2D eigenvalue weighted by atomic mass is 32.1. The van der Waals surface area contributed by atoms with Crippen LogP contribution in [0.2, 0.25) is 0 Å². The first-order valence-corrected chi connectivity index (χ1v) is 6.74. The van der Waals surface area contributed by atoms with Crippen LogP contribution >= 0.6 is 11.3 Å². The van der Waals surface area contributed by atoms with Crippen molar-refractivity contribution in [1.29, 1.82) is 0 Å². The Balaban J connectivity index is 2.13. The zero-order valence-electron chi connectivity index (χ0n) is 10.9. The van der Waals surface area contributed by atoms with Crippen molar-refractivity contribution in [3.8, 4) is 0 Å². The van der Waals surface area contributed by atoms with Gasteiger partial charge in [-0.1, -0.05) is 17.4 Å². The van der Waals surface area contributed by atoms with E-state index < -0.39 is 16.7 Å². The smallest absolute Gasteiger partial charge is 0.380 e. The van der Waals surface area contributed by atoms with Crippen molar-refractivity contribution in [2.24, 2.45) is 0 Å². The number of anilines is 1. The van der Waals surface area contributed by atoms with Crippen LogP contribution in [0.5, 0.6) is 0 Å². The van der Waals surface area contributed by atoms with Gasteiger partial charge < -0.3 is 5.32 Å². The molecular weight excluding hydrogens is 305 g/mol. The normalized spacial score (nSPS) is 11.4. The predicted molar refractivity (Wildman–Crippen MR) is 74.5 cm³/mol. The van der Waals surface area contributed by atoms with Crippen molar-refractivity contribution in [1.82, 2.24) is 0 Å². The molecule has 0 saturated heterocycles. The molecule has 0 radical (unpaired) electrons. The summed E-state index contributed by atoms with van der Waals surface area (Å²) in [5.41, 5.74) is 0.308. The lowest BCUT2D eigenvalue weighted by atomic mass is 10.1. The molecule has 0 aliphatic heterocycles. The van der Waals surface area contributed by atoms with Gasteiger partial charge in [0.1, 0.15) is 0 Å². The molecule has 1 aromatic heterocycles. The molecule has 0 fully saturated rings. The van der Waals surface area contributed by atoms with Crippen molar-refractivity contribution in [3.63, 3.8) is 0 Å². The molecule has 1 heterocycles. The molecule has 0 unspecified atom stereocenters. The third-order valence-electron chi connectivity index (χ3n) is 2.85. The standard InChI is InChI=1S/C13H11F3N2O2S/c1-8-2-3-9(13(14,15)16)6-11(8)17-7-10-4-5-12(21-10)18(19)20/h2-6,17H,7H2,1H3. The zero-order valence-corrected chi connectivity index (χ0v) is 11.7. The average molecular weight is 316 g/mol. The van der Waals surface area contributed by atoms with Crippen molar-refractivity contribution in [3.05, 3.63) is 56.5 Å². The lowest BCUT2D eigenvalue weighted by Crippen LogP contribution is -2.07. The first-order chi connectivity index (χ1) is 9.77. The summed E-state index contributed by atoms with van der Waals surface area (Å²) >= 11 is 0.992. The summed E-state index contributed by atoms with van der Waals surface area (Å²) < 4.78 is 38.0. The minimum absolute atomic E-state index is 0.00700. The minimum Gasteiger partial charge on any atom is -0.380 e. The van der Waals surface area contributed by atoms with Gasteiger partial charge in [0.05, 0.1) is 10.5 Å². The third kappa shape index (κ3) is 3.72. The molecular formula is C13H11F3N2O2S. The Morgan fingerprint density at radius 3 is 2.57 bits per heavy atom. The molecule has 0 bridgehead atoms. The Bertz CT molecular complexity index is 668. The second kappa shape index (κ2) is 5.72. The fraction of sp³-hybridized carbons (Fsp3) is 0.231. The highest BCUT2D eigenvalue weighted by Crippen LogP contribution is 2.32. The number of rotatable bonds is 4. The molecule has 1 N–H and O–H groups in total. The van der Waals surface area contributed by atoms with Crippen LogP contribution in [0, 0.1) is 17.0 Å². The molecule has 0 aliphatic carbocycles. The Labute approximate surface area is 122 Å². The Kier molecular flexibility index (Phi) is 4.17. The molecule has 4 nitrogen and oxygen atoms in total. The van der Waals surface area contributed by atoms with Crippen molar-refractivity contribution in [2.45, 2.75) is 19.6 Å². The van der Waals surface area contributed by atoms with E-state index in [0.717, 1.165) is 23.5 Å². The van der Waals surface area contributed by atoms with E-state index in [2.05, 4.69) is 5.32 Å². The van der Waals surface area contributed by atoms with Crippen LogP contribution in [0.4, 0.5) is 23.9 Å². The molecule has 0 amide bonds. The van der Waals surface area contributed by atoms with E-state index in [1.54, 1.807) is 13.0 Å². The van der Waals surface area contributed by atoms with Gasteiger partial charge in [-0.25, -0.2) is 0 Å². The summed E-state index contributed by atoms with van der Waals surface area (Å²) in [7, 11) is 0. The molecule has 21 heavy (non-hydrogen) atoms. The van der Waals surface area contributed by atoms with Gasteiger partial charge in [0.2, 0.25) is 0 Å². The van der Waals surface area contributed by atoms with Crippen molar-refractivity contribution >= 4 is 22.0 Å². The highest BCUT2D eigenvalue weighted by Gasteiger charge is 2.30. The van der Waals surface area contributed by atoms with E-state index in [0.29, 0.717) is 16.1 Å². The van der Waals surface area contributed by atoms with Gasteiger partial charge in [0.15, 0.2) is 0 Å². The second-order valence-corrected chi connectivity index (χ2v) is 5.52. The van der Waals surface area contributed by atoms with E-state index in [-0.39, 0.29) is 11.5 Å². The third-order valence-corrected chi connectivity index (χ3v) is 3.88. The fourth-order valence-electron chi connectivity index (χ4n) is 1.73. The average Bonchev–Trinajstić information content (AvgIpc) is 2.85. The fourth-order valence-corrected chi connectivity index (χ4v) is 2.49. The Hall–Kier alpha value is -2.09. The van der Waals surface area contributed by atoms with E-state index in [9.17, 15) is 23.3 Å². The van der Waals surface area contributed by atoms with Crippen molar-refractivity contribution in [2.75, 3.05) is 5.32 Å². The molecule has 1 aromatic carbocycles. The van der Waals surface area contributed by atoms with Gasteiger partial charge >= 0.3 is 11.2 Å². The van der Waals surface area contributed by atoms with Crippen LogP contribution in [0.15, 0.2) is 30.3 Å². The molecule has 0 atom stereocenters. The highest BCUT2D eigenvalue weighted by molar-refractivity contribution is 7.15. The quantitative estimate of drug-likeness (QED) is 0.662. The monoisotopic (exact) mass is 316 g/mol. The summed E-state index contributed by atoms with van der Waals surface area (Å²) in [5.74, 6) is 0. The number of thiophene rings is 1. The zero-order chi connectivity index (χ0) is 15.6. The van der Waals surface area contributed by atoms with Gasteiger partial charge in [-0.2, -0.15) is 13.2 Å². The van der Waals surface area contributed by atoms with E-state index in [1.807, 2.05) is 0 Å². The van der Waals surface area contributed by atoms with Gasteiger partial charge in [-0.15, -0.1) is 0 Å². The molecule has 2 aromatic rings. The van der Waals surface area contributed by atoms with E-state index >= 15 is 0 Å². The first kappa shape index (κ1) is 15.3. The summed E-state index contributed by atoms with van der Waals surface area (Å²) in [6.45, 7) is 1.93.